The second-order valence-corrected chi connectivity index (χ2v) is 6.82. The number of anilines is 1. The molecule has 1 aliphatic heterocycles. The van der Waals surface area contributed by atoms with Gasteiger partial charge in [-0.25, -0.2) is 12.8 Å². The quantitative estimate of drug-likeness (QED) is 0.632. The minimum Gasteiger partial charge on any atom is -0.316 e. The van der Waals surface area contributed by atoms with Gasteiger partial charge in [0.1, 0.15) is 5.82 Å². The van der Waals surface area contributed by atoms with Crippen molar-refractivity contribution < 1.29 is 17.7 Å². The summed E-state index contributed by atoms with van der Waals surface area (Å²) in [5.41, 5.74) is -0.627. The first-order valence-electron chi connectivity index (χ1n) is 6.52. The van der Waals surface area contributed by atoms with Crippen LogP contribution in [0.25, 0.3) is 0 Å². The topological polar surface area (TPSA) is 101 Å². The molecular weight excluding hydrogens is 301 g/mol. The fourth-order valence-corrected chi connectivity index (χ4v) is 3.80. The van der Waals surface area contributed by atoms with Crippen LogP contribution >= 0.6 is 0 Å². The number of benzene rings is 1. The van der Waals surface area contributed by atoms with E-state index in [1.807, 2.05) is 0 Å². The van der Waals surface area contributed by atoms with E-state index in [2.05, 4.69) is 10.0 Å². The smallest absolute Gasteiger partial charge is 0.274 e. The summed E-state index contributed by atoms with van der Waals surface area (Å²) in [6.45, 7) is 1.49. The molecule has 0 radical (unpaired) electrons. The lowest BCUT2D eigenvalue weighted by molar-refractivity contribution is -0.385. The van der Waals surface area contributed by atoms with Crippen LogP contribution in [0.15, 0.2) is 18.2 Å². The highest BCUT2D eigenvalue weighted by Crippen LogP contribution is 2.22. The highest BCUT2D eigenvalue weighted by molar-refractivity contribution is 7.92. The van der Waals surface area contributed by atoms with E-state index in [1.54, 1.807) is 0 Å². The second kappa shape index (κ2) is 6.35. The zero-order valence-corrected chi connectivity index (χ0v) is 12.0. The summed E-state index contributed by atoms with van der Waals surface area (Å²) in [7, 11) is -3.67. The molecule has 1 unspecified atom stereocenters. The lowest BCUT2D eigenvalue weighted by atomic mass is 10.0. The Balaban J connectivity index is 2.10. The Morgan fingerprint density at radius 3 is 2.81 bits per heavy atom. The van der Waals surface area contributed by atoms with Gasteiger partial charge >= 0.3 is 0 Å². The number of nitrogens with zero attached hydrogens (tertiary/aromatic N) is 1. The molecule has 1 saturated heterocycles. The molecule has 7 nitrogen and oxygen atoms in total. The average molecular weight is 317 g/mol. The zero-order valence-electron chi connectivity index (χ0n) is 11.2. The first-order chi connectivity index (χ1) is 9.85. The Morgan fingerprint density at radius 2 is 2.19 bits per heavy atom. The van der Waals surface area contributed by atoms with Crippen LogP contribution in [-0.2, 0) is 10.0 Å². The predicted octanol–water partition coefficient (Wildman–Crippen LogP) is 1.48. The minimum absolute atomic E-state index is 0.0141. The van der Waals surface area contributed by atoms with E-state index in [4.69, 9.17) is 0 Å². The first kappa shape index (κ1) is 15.6. The number of hydrogen-bond donors (Lipinski definition) is 2. The lowest BCUT2D eigenvalue weighted by Gasteiger charge is -2.22. The molecule has 0 aliphatic carbocycles. The molecule has 2 rings (SSSR count). The summed E-state index contributed by atoms with van der Waals surface area (Å²) in [4.78, 5) is 9.87. The molecular formula is C12H16FN3O4S. The number of nitro groups is 1. The van der Waals surface area contributed by atoms with Gasteiger partial charge in [0.25, 0.3) is 5.69 Å². The van der Waals surface area contributed by atoms with Crippen molar-refractivity contribution >= 4 is 21.4 Å². The normalized spacial score (nSPS) is 19.2. The SMILES string of the molecule is O=[N+]([O-])c1cc(F)cc(NS(=O)(=O)CC2CCCNC2)c1. The molecule has 0 aromatic heterocycles. The highest BCUT2D eigenvalue weighted by Gasteiger charge is 2.22. The summed E-state index contributed by atoms with van der Waals surface area (Å²) in [6.07, 6.45) is 1.71. The monoisotopic (exact) mass is 317 g/mol. The fraction of sp³-hybridized carbons (Fsp3) is 0.500. The number of non-ortho nitro benzene ring substituents is 1. The number of nitrogens with one attached hydrogen (secondary N) is 2. The van der Waals surface area contributed by atoms with E-state index in [0.717, 1.165) is 37.6 Å². The van der Waals surface area contributed by atoms with E-state index < -0.39 is 26.5 Å². The number of nitro benzene ring substituents is 1. The molecule has 1 aliphatic rings. The molecule has 0 spiro atoms. The van der Waals surface area contributed by atoms with Crippen molar-refractivity contribution in [3.8, 4) is 0 Å². The molecule has 0 amide bonds. The highest BCUT2D eigenvalue weighted by atomic mass is 32.2. The summed E-state index contributed by atoms with van der Waals surface area (Å²) < 4.78 is 39.5. The van der Waals surface area contributed by atoms with Gasteiger partial charge in [-0.2, -0.15) is 0 Å². The zero-order chi connectivity index (χ0) is 15.5. The van der Waals surface area contributed by atoms with Crippen molar-refractivity contribution in [2.24, 2.45) is 5.92 Å². The third kappa shape index (κ3) is 4.64. The van der Waals surface area contributed by atoms with Crippen molar-refractivity contribution in [2.75, 3.05) is 23.6 Å². The summed E-state index contributed by atoms with van der Waals surface area (Å²) in [6, 6.07) is 2.66. The van der Waals surface area contributed by atoms with Gasteiger partial charge < -0.3 is 5.32 Å². The van der Waals surface area contributed by atoms with Crippen LogP contribution in [-0.4, -0.2) is 32.2 Å². The third-order valence-electron chi connectivity index (χ3n) is 3.22. The standard InChI is InChI=1S/C12H16FN3O4S/c13-10-4-11(6-12(5-10)16(17)18)15-21(19,20)8-9-2-1-3-14-7-9/h4-6,9,14-15H,1-3,7-8H2. The van der Waals surface area contributed by atoms with Gasteiger partial charge in [0.05, 0.1) is 22.4 Å². The van der Waals surface area contributed by atoms with Crippen molar-refractivity contribution in [3.05, 3.63) is 34.1 Å². The fourth-order valence-electron chi connectivity index (χ4n) is 2.34. The molecule has 1 heterocycles. The largest absolute Gasteiger partial charge is 0.316 e. The average Bonchev–Trinajstić information content (AvgIpc) is 2.37. The molecule has 1 aromatic carbocycles. The molecule has 1 aromatic rings. The molecule has 21 heavy (non-hydrogen) atoms. The van der Waals surface area contributed by atoms with Crippen LogP contribution in [0.5, 0.6) is 0 Å². The molecule has 0 saturated carbocycles. The maximum Gasteiger partial charge on any atom is 0.274 e. The Hall–Kier alpha value is -1.74. The van der Waals surface area contributed by atoms with E-state index in [1.165, 1.54) is 0 Å². The van der Waals surface area contributed by atoms with Gasteiger partial charge in [0, 0.05) is 6.07 Å². The summed E-state index contributed by atoms with van der Waals surface area (Å²) in [5.74, 6) is -0.967. The van der Waals surface area contributed by atoms with Crippen LogP contribution in [0.2, 0.25) is 0 Å². The Kier molecular flexibility index (Phi) is 4.73. The second-order valence-electron chi connectivity index (χ2n) is 5.05. The number of sulfonamides is 1. The Morgan fingerprint density at radius 1 is 1.43 bits per heavy atom. The van der Waals surface area contributed by atoms with Crippen LogP contribution in [0, 0.1) is 21.8 Å². The third-order valence-corrected chi connectivity index (χ3v) is 4.68. The maximum absolute atomic E-state index is 13.3. The van der Waals surface area contributed by atoms with E-state index >= 15 is 0 Å². The summed E-state index contributed by atoms with van der Waals surface area (Å²) >= 11 is 0. The van der Waals surface area contributed by atoms with E-state index in [0.29, 0.717) is 6.54 Å². The van der Waals surface area contributed by atoms with Crippen LogP contribution in [0.3, 0.4) is 0 Å². The predicted molar refractivity (Wildman–Crippen MR) is 76.1 cm³/mol. The first-order valence-corrected chi connectivity index (χ1v) is 8.17. The van der Waals surface area contributed by atoms with Gasteiger partial charge in [0.2, 0.25) is 10.0 Å². The molecule has 1 fully saturated rings. The summed E-state index contributed by atoms with van der Waals surface area (Å²) in [5, 5.41) is 13.8. The van der Waals surface area contributed by atoms with Crippen molar-refractivity contribution in [2.45, 2.75) is 12.8 Å². The van der Waals surface area contributed by atoms with Gasteiger partial charge in [0.15, 0.2) is 0 Å². The van der Waals surface area contributed by atoms with Crippen LogP contribution < -0.4 is 10.0 Å². The van der Waals surface area contributed by atoms with E-state index in [9.17, 15) is 22.9 Å². The van der Waals surface area contributed by atoms with Gasteiger partial charge in [-0.3, -0.25) is 14.8 Å². The Labute approximate surface area is 121 Å². The van der Waals surface area contributed by atoms with Gasteiger partial charge in [-0.05, 0) is 37.9 Å². The van der Waals surface area contributed by atoms with Gasteiger partial charge in [-0.15, -0.1) is 0 Å². The number of halogens is 1. The molecule has 0 bridgehead atoms. The molecule has 9 heteroatoms. The molecule has 1 atom stereocenters. The minimum atomic E-state index is -3.67. The number of hydrogen-bond acceptors (Lipinski definition) is 5. The number of rotatable bonds is 5. The van der Waals surface area contributed by atoms with Gasteiger partial charge in [-0.1, -0.05) is 0 Å². The van der Waals surface area contributed by atoms with E-state index in [-0.39, 0.29) is 17.4 Å². The molecule has 2 N–H and O–H groups in total. The van der Waals surface area contributed by atoms with Crippen molar-refractivity contribution in [1.82, 2.24) is 5.32 Å². The maximum atomic E-state index is 13.3. The number of piperidine rings is 1. The van der Waals surface area contributed by atoms with Crippen LogP contribution in [0.1, 0.15) is 12.8 Å². The Bertz CT molecular complexity index is 629. The van der Waals surface area contributed by atoms with Crippen LogP contribution in [0.4, 0.5) is 15.8 Å². The van der Waals surface area contributed by atoms with Crippen molar-refractivity contribution in [3.63, 3.8) is 0 Å². The molecule has 116 valence electrons. The lowest BCUT2D eigenvalue weighted by Crippen LogP contribution is -2.35. The van der Waals surface area contributed by atoms with Crippen molar-refractivity contribution in [1.29, 1.82) is 0 Å².